The first-order chi connectivity index (χ1) is 12.8. The molecule has 2 heterocycles. The molecule has 0 bridgehead atoms. The molecule has 4 amide bonds. The molecule has 11 nitrogen and oxygen atoms in total. The summed E-state index contributed by atoms with van der Waals surface area (Å²) < 4.78 is 10.1. The summed E-state index contributed by atoms with van der Waals surface area (Å²) in [4.78, 5) is 51.3. The lowest BCUT2D eigenvalue weighted by Gasteiger charge is -2.24. The predicted octanol–water partition coefficient (Wildman–Crippen LogP) is 0.0526. The minimum atomic E-state index is -0.654. The molecule has 1 aliphatic heterocycles. The third-order valence-electron chi connectivity index (χ3n) is 3.58. The molecule has 2 rings (SSSR count). The van der Waals surface area contributed by atoms with Crippen molar-refractivity contribution in [3.8, 4) is 0 Å². The first kappa shape index (κ1) is 20.6. The predicted molar refractivity (Wildman–Crippen MR) is 93.1 cm³/mol. The van der Waals surface area contributed by atoms with Crippen LogP contribution < -0.4 is 5.32 Å². The molecule has 1 aromatic rings. The van der Waals surface area contributed by atoms with Gasteiger partial charge in [-0.25, -0.2) is 9.79 Å². The van der Waals surface area contributed by atoms with Gasteiger partial charge in [0.15, 0.2) is 0 Å². The fraction of sp³-hybridized carbons (Fsp3) is 0.533. The van der Waals surface area contributed by atoms with Crippen LogP contribution in [0.3, 0.4) is 0 Å². The van der Waals surface area contributed by atoms with Gasteiger partial charge < -0.3 is 14.5 Å². The monoisotopic (exact) mass is 397 g/mol. The molecule has 0 aliphatic carbocycles. The Bertz CT molecular complexity index is 777. The lowest BCUT2D eigenvalue weighted by atomic mass is 9.97. The minimum Gasteiger partial charge on any atom is -0.465 e. The number of thioether (sulfide) groups is 1. The van der Waals surface area contributed by atoms with Gasteiger partial charge in [0.2, 0.25) is 17.7 Å². The van der Waals surface area contributed by atoms with Gasteiger partial charge in [0.05, 0.1) is 18.3 Å². The number of ether oxygens (including phenoxy) is 1. The Balaban J connectivity index is 1.85. The molecule has 0 saturated carbocycles. The molecule has 1 N–H and O–H groups in total. The van der Waals surface area contributed by atoms with Crippen molar-refractivity contribution < 1.29 is 28.3 Å². The van der Waals surface area contributed by atoms with Gasteiger partial charge in [-0.3, -0.25) is 19.3 Å². The van der Waals surface area contributed by atoms with Gasteiger partial charge in [-0.2, -0.15) is 0 Å². The van der Waals surface area contributed by atoms with Crippen molar-refractivity contribution in [3.05, 3.63) is 5.89 Å². The summed E-state index contributed by atoms with van der Waals surface area (Å²) in [7, 11) is 1.36. The summed E-state index contributed by atoms with van der Waals surface area (Å²) in [6, 6.07) is -0.607. The first-order valence-corrected chi connectivity index (χ1v) is 9.04. The van der Waals surface area contributed by atoms with E-state index in [2.05, 4.69) is 20.5 Å². The normalized spacial score (nSPS) is 16.9. The van der Waals surface area contributed by atoms with Crippen molar-refractivity contribution in [2.24, 2.45) is 10.9 Å². The number of hydrogen-bond donors (Lipinski definition) is 1. The number of nitrogens with zero attached hydrogens (tertiary/aromatic N) is 4. The lowest BCUT2D eigenvalue weighted by molar-refractivity contribution is -0.143. The van der Waals surface area contributed by atoms with E-state index < -0.39 is 29.7 Å². The SMILES string of the molecule is CCOC(=O)CNC(=O)CSc1nnc(CC2C(=O)N(C)C(=O)N=C2C)o1. The van der Waals surface area contributed by atoms with E-state index in [4.69, 9.17) is 9.15 Å². The van der Waals surface area contributed by atoms with Gasteiger partial charge in [0.1, 0.15) is 6.54 Å². The standard InChI is InChI=1S/C15H19N5O6S/c1-4-25-12(22)6-16-10(21)7-27-15-19-18-11(26-15)5-9-8(2)17-14(24)20(3)13(9)23/h9H,4-7H2,1-3H3,(H,16,21). The van der Waals surface area contributed by atoms with Crippen molar-refractivity contribution in [2.45, 2.75) is 25.5 Å². The third-order valence-corrected chi connectivity index (χ3v) is 4.40. The average molecular weight is 397 g/mol. The fourth-order valence-electron chi connectivity index (χ4n) is 2.16. The smallest absolute Gasteiger partial charge is 0.349 e. The average Bonchev–Trinajstić information content (AvgIpc) is 3.08. The number of urea groups is 1. The highest BCUT2D eigenvalue weighted by Gasteiger charge is 2.34. The van der Waals surface area contributed by atoms with Crippen LogP contribution >= 0.6 is 11.8 Å². The zero-order valence-corrected chi connectivity index (χ0v) is 15.9. The van der Waals surface area contributed by atoms with Gasteiger partial charge in [-0.1, -0.05) is 11.8 Å². The van der Waals surface area contributed by atoms with Gasteiger partial charge >= 0.3 is 12.0 Å². The number of esters is 1. The number of carbonyl (C=O) groups excluding carboxylic acids is 4. The molecule has 0 aromatic carbocycles. The van der Waals surface area contributed by atoms with Crippen LogP contribution in [0.5, 0.6) is 0 Å². The number of imide groups is 1. The van der Waals surface area contributed by atoms with E-state index in [9.17, 15) is 19.2 Å². The van der Waals surface area contributed by atoms with E-state index in [1.165, 1.54) is 7.05 Å². The zero-order chi connectivity index (χ0) is 20.0. The van der Waals surface area contributed by atoms with Crippen molar-refractivity contribution in [3.63, 3.8) is 0 Å². The van der Waals surface area contributed by atoms with Crippen LogP contribution in [-0.4, -0.2) is 70.6 Å². The van der Waals surface area contributed by atoms with Crippen LogP contribution in [0.4, 0.5) is 4.79 Å². The Morgan fingerprint density at radius 3 is 2.78 bits per heavy atom. The van der Waals surface area contributed by atoms with Crippen LogP contribution in [0.2, 0.25) is 0 Å². The van der Waals surface area contributed by atoms with Gasteiger partial charge in [0.25, 0.3) is 5.22 Å². The number of hydrogen-bond acceptors (Lipinski definition) is 9. The number of rotatable bonds is 8. The van der Waals surface area contributed by atoms with Gasteiger partial charge in [0, 0.05) is 19.2 Å². The lowest BCUT2D eigenvalue weighted by Crippen LogP contribution is -2.44. The second kappa shape index (κ2) is 9.26. The summed E-state index contributed by atoms with van der Waals surface area (Å²) in [6.07, 6.45) is 0.106. The van der Waals surface area contributed by atoms with E-state index in [-0.39, 0.29) is 36.4 Å². The Hall–Kier alpha value is -2.76. The Morgan fingerprint density at radius 2 is 2.07 bits per heavy atom. The van der Waals surface area contributed by atoms with Crippen LogP contribution in [0, 0.1) is 5.92 Å². The molecule has 1 aliphatic rings. The maximum Gasteiger partial charge on any atom is 0.349 e. The maximum absolute atomic E-state index is 12.2. The highest BCUT2D eigenvalue weighted by molar-refractivity contribution is 7.99. The van der Waals surface area contributed by atoms with E-state index in [1.54, 1.807) is 13.8 Å². The summed E-state index contributed by atoms with van der Waals surface area (Å²) in [6.45, 7) is 3.29. The fourth-order valence-corrected chi connectivity index (χ4v) is 2.77. The first-order valence-electron chi connectivity index (χ1n) is 8.06. The molecule has 0 radical (unpaired) electrons. The molecule has 1 atom stereocenters. The number of nitrogens with one attached hydrogen (secondary N) is 1. The number of amides is 4. The Morgan fingerprint density at radius 1 is 1.33 bits per heavy atom. The number of carbonyl (C=O) groups is 4. The summed E-state index contributed by atoms with van der Waals surface area (Å²) in [5.41, 5.74) is 0.383. The summed E-state index contributed by atoms with van der Waals surface area (Å²) in [5.74, 6) is -1.79. The highest BCUT2D eigenvalue weighted by atomic mass is 32.2. The van der Waals surface area contributed by atoms with Crippen molar-refractivity contribution in [1.82, 2.24) is 20.4 Å². The largest absolute Gasteiger partial charge is 0.465 e. The molecule has 12 heteroatoms. The minimum absolute atomic E-state index is 0.0267. The van der Waals surface area contributed by atoms with E-state index in [0.29, 0.717) is 5.71 Å². The molecule has 1 unspecified atom stereocenters. The topological polar surface area (TPSA) is 144 Å². The molecule has 1 aromatic heterocycles. The third kappa shape index (κ3) is 5.61. The van der Waals surface area contributed by atoms with E-state index >= 15 is 0 Å². The van der Waals surface area contributed by atoms with Crippen LogP contribution in [0.1, 0.15) is 19.7 Å². The number of aliphatic imine (C=N–C) groups is 1. The van der Waals surface area contributed by atoms with Crippen molar-refractivity contribution >= 4 is 41.3 Å². The Labute approximate surface area is 158 Å². The van der Waals surface area contributed by atoms with E-state index in [1.807, 2.05) is 0 Å². The van der Waals surface area contributed by atoms with Crippen LogP contribution in [0.15, 0.2) is 14.6 Å². The molecule has 146 valence electrons. The zero-order valence-electron chi connectivity index (χ0n) is 15.1. The van der Waals surface area contributed by atoms with Crippen molar-refractivity contribution in [1.29, 1.82) is 0 Å². The number of aromatic nitrogens is 2. The molecule has 0 saturated heterocycles. The van der Waals surface area contributed by atoms with E-state index in [0.717, 1.165) is 16.7 Å². The highest BCUT2D eigenvalue weighted by Crippen LogP contribution is 2.21. The van der Waals surface area contributed by atoms with Gasteiger partial charge in [-0.05, 0) is 13.8 Å². The quantitative estimate of drug-likeness (QED) is 0.475. The molecule has 0 spiro atoms. The Kier molecular flexibility index (Phi) is 7.05. The maximum atomic E-state index is 12.2. The molecule has 0 fully saturated rings. The summed E-state index contributed by atoms with van der Waals surface area (Å²) in [5, 5.41) is 10.2. The van der Waals surface area contributed by atoms with Crippen LogP contribution in [-0.2, 0) is 25.5 Å². The molecular formula is C15H19N5O6S. The molecule has 27 heavy (non-hydrogen) atoms. The second-order valence-electron chi connectivity index (χ2n) is 5.52. The summed E-state index contributed by atoms with van der Waals surface area (Å²) >= 11 is 0.995. The second-order valence-corrected chi connectivity index (χ2v) is 6.45. The van der Waals surface area contributed by atoms with Crippen LogP contribution in [0.25, 0.3) is 0 Å². The molecular weight excluding hydrogens is 378 g/mol. The van der Waals surface area contributed by atoms with Crippen molar-refractivity contribution in [2.75, 3.05) is 26.0 Å². The van der Waals surface area contributed by atoms with Gasteiger partial charge in [-0.15, -0.1) is 10.2 Å².